The highest BCUT2D eigenvalue weighted by molar-refractivity contribution is 9.10. The summed E-state index contributed by atoms with van der Waals surface area (Å²) in [5.41, 5.74) is 0. The molecule has 8 heteroatoms. The largest absolute Gasteiger partial charge is 0.458 e. The molecule has 0 aliphatic heterocycles. The van der Waals surface area contributed by atoms with Crippen LogP contribution in [0.15, 0.2) is 21.2 Å². The number of aldehydes is 1. The number of furan rings is 1. The van der Waals surface area contributed by atoms with Crippen molar-refractivity contribution in [3.63, 3.8) is 0 Å². The van der Waals surface area contributed by atoms with Crippen LogP contribution in [0.3, 0.4) is 0 Å². The topological polar surface area (TPSA) is 105 Å². The molecular formula is C12H13BrN2O5. The molecule has 1 rings (SSSR count). The Bertz CT molecular complexity index is 526. The number of ketones is 1. The van der Waals surface area contributed by atoms with Gasteiger partial charge in [-0.1, -0.05) is 0 Å². The molecule has 108 valence electrons. The Morgan fingerprint density at radius 1 is 1.45 bits per heavy atom. The van der Waals surface area contributed by atoms with Crippen molar-refractivity contribution in [3.8, 4) is 0 Å². The summed E-state index contributed by atoms with van der Waals surface area (Å²) in [5.74, 6) is -1.90. The molecule has 1 aromatic rings. The first-order chi connectivity index (χ1) is 9.47. The molecule has 0 spiro atoms. The molecule has 1 atom stereocenters. The molecule has 0 aliphatic carbocycles. The van der Waals surface area contributed by atoms with Gasteiger partial charge in [0.05, 0.1) is 10.5 Å². The standard InChI is InChI=1S/C12H13BrN2O5/c1-14-11(18)9(17)3-2-8(5-16)15-12(19)10-4-7(13)6-20-10/h4-6,8H,2-3H2,1H3,(H,14,18)(H,15,19). The molecule has 2 N–H and O–H groups in total. The lowest BCUT2D eigenvalue weighted by Gasteiger charge is -2.10. The fourth-order valence-corrected chi connectivity index (χ4v) is 1.69. The van der Waals surface area contributed by atoms with Crippen LogP contribution >= 0.6 is 15.9 Å². The van der Waals surface area contributed by atoms with Crippen LogP contribution in [0.5, 0.6) is 0 Å². The predicted molar refractivity (Wildman–Crippen MR) is 72.0 cm³/mol. The van der Waals surface area contributed by atoms with Crippen LogP contribution < -0.4 is 10.6 Å². The first-order valence-electron chi connectivity index (χ1n) is 5.73. The van der Waals surface area contributed by atoms with Gasteiger partial charge in [0.15, 0.2) is 5.76 Å². The number of hydrogen-bond acceptors (Lipinski definition) is 5. The minimum Gasteiger partial charge on any atom is -0.458 e. The van der Waals surface area contributed by atoms with Gasteiger partial charge in [-0.3, -0.25) is 14.4 Å². The number of Topliss-reactive ketones (excluding diaryl/α,β-unsaturated/α-hetero) is 1. The number of carbonyl (C=O) groups excluding carboxylic acids is 4. The molecule has 0 fully saturated rings. The van der Waals surface area contributed by atoms with Crippen molar-refractivity contribution in [2.75, 3.05) is 7.05 Å². The summed E-state index contributed by atoms with van der Waals surface area (Å²) in [6.45, 7) is 0. The molecular weight excluding hydrogens is 332 g/mol. The van der Waals surface area contributed by atoms with Gasteiger partial charge in [0.1, 0.15) is 12.5 Å². The maximum absolute atomic E-state index is 11.7. The Balaban J connectivity index is 2.51. The highest BCUT2D eigenvalue weighted by Crippen LogP contribution is 2.14. The van der Waals surface area contributed by atoms with E-state index < -0.39 is 23.6 Å². The Morgan fingerprint density at radius 2 is 2.15 bits per heavy atom. The fourth-order valence-electron chi connectivity index (χ4n) is 1.39. The molecule has 20 heavy (non-hydrogen) atoms. The van der Waals surface area contributed by atoms with Crippen molar-refractivity contribution >= 4 is 39.8 Å². The lowest BCUT2D eigenvalue weighted by molar-refractivity contribution is -0.137. The smallest absolute Gasteiger partial charge is 0.287 e. The van der Waals surface area contributed by atoms with Gasteiger partial charge in [-0.15, -0.1) is 0 Å². The molecule has 0 saturated carbocycles. The molecule has 7 nitrogen and oxygen atoms in total. The van der Waals surface area contributed by atoms with Gasteiger partial charge in [0.2, 0.25) is 5.78 Å². The molecule has 0 aromatic carbocycles. The van der Waals surface area contributed by atoms with Gasteiger partial charge in [-0.25, -0.2) is 0 Å². The van der Waals surface area contributed by atoms with Crippen LogP contribution in [-0.4, -0.2) is 37.0 Å². The number of nitrogens with one attached hydrogen (secondary N) is 2. The van der Waals surface area contributed by atoms with Gasteiger partial charge in [0.25, 0.3) is 11.8 Å². The molecule has 1 aromatic heterocycles. The maximum atomic E-state index is 11.7. The molecule has 1 unspecified atom stereocenters. The summed E-state index contributed by atoms with van der Waals surface area (Å²) in [4.78, 5) is 44.9. The Hall–Kier alpha value is -1.96. The summed E-state index contributed by atoms with van der Waals surface area (Å²) < 4.78 is 5.54. The summed E-state index contributed by atoms with van der Waals surface area (Å²) in [6.07, 6.45) is 1.75. The van der Waals surface area contributed by atoms with Crippen LogP contribution in [0, 0.1) is 0 Å². The third-order valence-corrected chi connectivity index (χ3v) is 2.85. The molecule has 0 bridgehead atoms. The first kappa shape index (κ1) is 16.1. The minimum atomic E-state index is -0.861. The second-order valence-corrected chi connectivity index (χ2v) is 4.80. The van der Waals surface area contributed by atoms with E-state index in [4.69, 9.17) is 4.42 Å². The van der Waals surface area contributed by atoms with E-state index in [2.05, 4.69) is 26.6 Å². The van der Waals surface area contributed by atoms with Crippen LogP contribution in [0.1, 0.15) is 23.4 Å². The van der Waals surface area contributed by atoms with Crippen LogP contribution in [-0.2, 0) is 14.4 Å². The zero-order chi connectivity index (χ0) is 15.1. The van der Waals surface area contributed by atoms with Crippen LogP contribution in [0.25, 0.3) is 0 Å². The van der Waals surface area contributed by atoms with E-state index in [1.54, 1.807) is 0 Å². The van der Waals surface area contributed by atoms with Crippen molar-refractivity contribution in [1.29, 1.82) is 0 Å². The van der Waals surface area contributed by atoms with Crippen molar-refractivity contribution in [3.05, 3.63) is 22.6 Å². The first-order valence-corrected chi connectivity index (χ1v) is 6.52. The van der Waals surface area contributed by atoms with Gasteiger partial charge >= 0.3 is 0 Å². The van der Waals surface area contributed by atoms with Crippen LogP contribution in [0.2, 0.25) is 0 Å². The van der Waals surface area contributed by atoms with Gasteiger partial charge in [0, 0.05) is 19.5 Å². The zero-order valence-corrected chi connectivity index (χ0v) is 12.2. The fraction of sp³-hybridized carbons (Fsp3) is 0.333. The van der Waals surface area contributed by atoms with Crippen molar-refractivity contribution in [1.82, 2.24) is 10.6 Å². The average molecular weight is 345 g/mol. The normalized spacial score (nSPS) is 11.5. The molecule has 0 radical (unpaired) electrons. The second kappa shape index (κ2) is 7.59. The highest BCUT2D eigenvalue weighted by atomic mass is 79.9. The third kappa shape index (κ3) is 4.61. The number of carbonyl (C=O) groups is 4. The summed E-state index contributed by atoms with van der Waals surface area (Å²) in [5, 5.41) is 4.59. The Kier molecular flexibility index (Phi) is 6.10. The monoisotopic (exact) mass is 344 g/mol. The number of rotatable bonds is 7. The Morgan fingerprint density at radius 3 is 2.65 bits per heavy atom. The van der Waals surface area contributed by atoms with E-state index in [9.17, 15) is 19.2 Å². The molecule has 0 saturated heterocycles. The van der Waals surface area contributed by atoms with E-state index in [1.165, 1.54) is 19.4 Å². The second-order valence-electron chi connectivity index (χ2n) is 3.89. The van der Waals surface area contributed by atoms with Crippen LogP contribution in [0.4, 0.5) is 0 Å². The van der Waals surface area contributed by atoms with E-state index >= 15 is 0 Å². The van der Waals surface area contributed by atoms with Gasteiger partial charge in [-0.2, -0.15) is 0 Å². The third-order valence-electron chi connectivity index (χ3n) is 2.43. The maximum Gasteiger partial charge on any atom is 0.287 e. The lowest BCUT2D eigenvalue weighted by Crippen LogP contribution is -2.37. The average Bonchev–Trinajstić information content (AvgIpc) is 2.88. The minimum absolute atomic E-state index is 0.0429. The Labute approximate surface area is 123 Å². The molecule has 2 amide bonds. The zero-order valence-electron chi connectivity index (χ0n) is 10.6. The summed E-state index contributed by atoms with van der Waals surface area (Å²) in [6, 6.07) is 0.590. The number of hydrogen-bond donors (Lipinski definition) is 2. The summed E-state index contributed by atoms with van der Waals surface area (Å²) >= 11 is 3.13. The van der Waals surface area contributed by atoms with Crippen molar-refractivity contribution in [2.45, 2.75) is 18.9 Å². The SMILES string of the molecule is CNC(=O)C(=O)CCC(C=O)NC(=O)c1cc(Br)co1. The number of likely N-dealkylation sites (N-methyl/N-ethyl adjacent to an activating group) is 1. The van der Waals surface area contributed by atoms with Gasteiger partial charge < -0.3 is 19.8 Å². The summed E-state index contributed by atoms with van der Waals surface area (Å²) in [7, 11) is 1.34. The van der Waals surface area contributed by atoms with E-state index in [0.717, 1.165) is 0 Å². The van der Waals surface area contributed by atoms with E-state index in [1.807, 2.05) is 0 Å². The van der Waals surface area contributed by atoms with E-state index in [0.29, 0.717) is 10.8 Å². The highest BCUT2D eigenvalue weighted by Gasteiger charge is 2.19. The molecule has 0 aliphatic rings. The quantitative estimate of drug-likeness (QED) is 0.551. The van der Waals surface area contributed by atoms with E-state index in [-0.39, 0.29) is 18.6 Å². The van der Waals surface area contributed by atoms with Crippen molar-refractivity contribution in [2.24, 2.45) is 0 Å². The predicted octanol–water partition coefficient (Wildman–Crippen LogP) is 0.435. The number of halogens is 1. The van der Waals surface area contributed by atoms with Gasteiger partial charge in [-0.05, 0) is 22.4 Å². The lowest BCUT2D eigenvalue weighted by atomic mass is 10.1. The molecule has 1 heterocycles. The van der Waals surface area contributed by atoms with Crippen molar-refractivity contribution < 1.29 is 23.6 Å². The number of amides is 2.